The van der Waals surface area contributed by atoms with Crippen LogP contribution in [0, 0.1) is 6.92 Å². The average Bonchev–Trinajstić information content (AvgIpc) is 3.16. The Morgan fingerprint density at radius 1 is 1.18 bits per heavy atom. The SMILES string of the molecule is COc1ccc(CNCc2cn[nH]c2-c2ccc(C)o2)cn1. The number of aromatic amines is 1. The van der Waals surface area contributed by atoms with E-state index in [1.54, 1.807) is 13.3 Å². The minimum Gasteiger partial charge on any atom is -0.481 e. The zero-order valence-electron chi connectivity index (χ0n) is 12.6. The molecule has 6 heteroatoms. The Kier molecular flexibility index (Phi) is 4.20. The Bertz CT molecular complexity index is 731. The quantitative estimate of drug-likeness (QED) is 0.731. The monoisotopic (exact) mass is 298 g/mol. The van der Waals surface area contributed by atoms with Gasteiger partial charge in [0, 0.05) is 30.9 Å². The van der Waals surface area contributed by atoms with Crippen LogP contribution in [0.15, 0.2) is 41.1 Å². The molecule has 22 heavy (non-hydrogen) atoms. The second kappa shape index (κ2) is 6.44. The summed E-state index contributed by atoms with van der Waals surface area (Å²) in [5, 5.41) is 10.5. The smallest absolute Gasteiger partial charge is 0.212 e. The number of ether oxygens (including phenoxy) is 1. The van der Waals surface area contributed by atoms with Crippen molar-refractivity contribution in [2.75, 3.05) is 7.11 Å². The molecular formula is C16H18N4O2. The zero-order valence-corrected chi connectivity index (χ0v) is 12.6. The summed E-state index contributed by atoms with van der Waals surface area (Å²) in [7, 11) is 1.61. The van der Waals surface area contributed by atoms with Crippen LogP contribution in [0.5, 0.6) is 5.88 Å². The Labute approximate surface area is 128 Å². The molecule has 0 spiro atoms. The van der Waals surface area contributed by atoms with Crippen molar-refractivity contribution in [3.05, 3.63) is 53.5 Å². The molecule has 0 aliphatic carbocycles. The number of nitrogens with one attached hydrogen (secondary N) is 2. The number of pyridine rings is 1. The second-order valence-corrected chi connectivity index (χ2v) is 4.99. The first-order chi connectivity index (χ1) is 10.8. The number of methoxy groups -OCH3 is 1. The lowest BCUT2D eigenvalue weighted by atomic mass is 10.2. The lowest BCUT2D eigenvalue weighted by molar-refractivity contribution is 0.397. The summed E-state index contributed by atoms with van der Waals surface area (Å²) in [5.41, 5.74) is 3.07. The molecule has 3 rings (SSSR count). The van der Waals surface area contributed by atoms with Crippen LogP contribution >= 0.6 is 0 Å². The zero-order chi connectivity index (χ0) is 15.4. The first kappa shape index (κ1) is 14.3. The number of nitrogens with zero attached hydrogens (tertiary/aromatic N) is 2. The number of rotatable bonds is 6. The lowest BCUT2D eigenvalue weighted by Gasteiger charge is -2.05. The molecule has 0 aliphatic rings. The standard InChI is InChI=1S/C16H18N4O2/c1-11-3-5-14(22-11)16-13(10-19-20-16)9-17-7-12-4-6-15(21-2)18-8-12/h3-6,8,10,17H,7,9H2,1-2H3,(H,19,20). The van der Waals surface area contributed by atoms with Crippen molar-refractivity contribution >= 4 is 0 Å². The maximum absolute atomic E-state index is 5.64. The van der Waals surface area contributed by atoms with Gasteiger partial charge < -0.3 is 14.5 Å². The molecule has 0 saturated heterocycles. The van der Waals surface area contributed by atoms with E-state index in [2.05, 4.69) is 20.5 Å². The highest BCUT2D eigenvalue weighted by molar-refractivity contribution is 5.56. The fourth-order valence-corrected chi connectivity index (χ4v) is 2.21. The maximum Gasteiger partial charge on any atom is 0.212 e. The molecule has 0 unspecified atom stereocenters. The summed E-state index contributed by atoms with van der Waals surface area (Å²) in [5.74, 6) is 2.31. The van der Waals surface area contributed by atoms with Gasteiger partial charge in [0.1, 0.15) is 11.5 Å². The van der Waals surface area contributed by atoms with Crippen LogP contribution in [0.25, 0.3) is 11.5 Å². The van der Waals surface area contributed by atoms with Crippen LogP contribution in [0.1, 0.15) is 16.9 Å². The number of hydrogen-bond acceptors (Lipinski definition) is 5. The third kappa shape index (κ3) is 3.17. The molecule has 0 saturated carbocycles. The summed E-state index contributed by atoms with van der Waals surface area (Å²) in [6.45, 7) is 3.34. The van der Waals surface area contributed by atoms with Crippen LogP contribution in [-0.4, -0.2) is 22.3 Å². The fourth-order valence-electron chi connectivity index (χ4n) is 2.21. The van der Waals surface area contributed by atoms with Crippen LogP contribution in [0.2, 0.25) is 0 Å². The van der Waals surface area contributed by atoms with Gasteiger partial charge in [-0.15, -0.1) is 0 Å². The minimum absolute atomic E-state index is 0.620. The average molecular weight is 298 g/mol. The van der Waals surface area contributed by atoms with Crippen LogP contribution in [0.4, 0.5) is 0 Å². The van der Waals surface area contributed by atoms with Gasteiger partial charge in [-0.1, -0.05) is 6.07 Å². The van der Waals surface area contributed by atoms with E-state index in [0.717, 1.165) is 34.9 Å². The van der Waals surface area contributed by atoms with Gasteiger partial charge in [0.05, 0.1) is 13.3 Å². The Morgan fingerprint density at radius 3 is 2.77 bits per heavy atom. The molecule has 0 fully saturated rings. The van der Waals surface area contributed by atoms with Gasteiger partial charge in [-0.2, -0.15) is 5.10 Å². The topological polar surface area (TPSA) is 76.0 Å². The molecule has 2 N–H and O–H groups in total. The first-order valence-electron chi connectivity index (χ1n) is 7.05. The molecular weight excluding hydrogens is 280 g/mol. The van der Waals surface area contributed by atoms with Gasteiger partial charge in [-0.05, 0) is 24.6 Å². The van der Waals surface area contributed by atoms with Crippen LogP contribution in [0.3, 0.4) is 0 Å². The molecule has 0 aromatic carbocycles. The van der Waals surface area contributed by atoms with Crippen molar-refractivity contribution in [3.63, 3.8) is 0 Å². The molecule has 0 radical (unpaired) electrons. The molecule has 0 bridgehead atoms. The maximum atomic E-state index is 5.64. The van der Waals surface area contributed by atoms with Crippen molar-refractivity contribution in [2.45, 2.75) is 20.0 Å². The van der Waals surface area contributed by atoms with Crippen molar-refractivity contribution in [1.82, 2.24) is 20.5 Å². The van der Waals surface area contributed by atoms with E-state index >= 15 is 0 Å². The summed E-state index contributed by atoms with van der Waals surface area (Å²) in [4.78, 5) is 4.18. The number of H-pyrrole nitrogens is 1. The van der Waals surface area contributed by atoms with Crippen molar-refractivity contribution in [2.24, 2.45) is 0 Å². The van der Waals surface area contributed by atoms with Gasteiger partial charge in [-0.25, -0.2) is 4.98 Å². The van der Waals surface area contributed by atoms with Gasteiger partial charge in [-0.3, -0.25) is 5.10 Å². The number of furan rings is 1. The van der Waals surface area contributed by atoms with Gasteiger partial charge in [0.2, 0.25) is 5.88 Å². The summed E-state index contributed by atoms with van der Waals surface area (Å²) < 4.78 is 10.7. The third-order valence-corrected chi connectivity index (χ3v) is 3.36. The highest BCUT2D eigenvalue weighted by Gasteiger charge is 2.10. The fraction of sp³-hybridized carbons (Fsp3) is 0.250. The van der Waals surface area contributed by atoms with Gasteiger partial charge in [0.25, 0.3) is 0 Å². The van der Waals surface area contributed by atoms with E-state index in [9.17, 15) is 0 Å². The lowest BCUT2D eigenvalue weighted by Crippen LogP contribution is -2.13. The van der Waals surface area contributed by atoms with Crippen LogP contribution in [-0.2, 0) is 13.1 Å². The largest absolute Gasteiger partial charge is 0.481 e. The predicted octanol–water partition coefficient (Wildman–Crippen LogP) is 2.67. The number of aromatic nitrogens is 3. The van der Waals surface area contributed by atoms with Gasteiger partial charge in [0.15, 0.2) is 5.76 Å². The van der Waals surface area contributed by atoms with Gasteiger partial charge >= 0.3 is 0 Å². The molecule has 3 heterocycles. The highest BCUT2D eigenvalue weighted by Crippen LogP contribution is 2.23. The normalized spacial score (nSPS) is 10.8. The predicted molar refractivity (Wildman–Crippen MR) is 82.4 cm³/mol. The number of hydrogen-bond donors (Lipinski definition) is 2. The number of aryl methyl sites for hydroxylation is 1. The molecule has 0 amide bonds. The Balaban J connectivity index is 1.61. The summed E-state index contributed by atoms with van der Waals surface area (Å²) >= 11 is 0. The van der Waals surface area contributed by atoms with E-state index in [0.29, 0.717) is 12.4 Å². The van der Waals surface area contributed by atoms with E-state index in [-0.39, 0.29) is 0 Å². The highest BCUT2D eigenvalue weighted by atomic mass is 16.5. The molecule has 6 nitrogen and oxygen atoms in total. The minimum atomic E-state index is 0.620. The second-order valence-electron chi connectivity index (χ2n) is 4.99. The molecule has 3 aromatic heterocycles. The Hall–Kier alpha value is -2.60. The molecule has 3 aromatic rings. The van der Waals surface area contributed by atoms with Crippen LogP contribution < -0.4 is 10.1 Å². The van der Waals surface area contributed by atoms with Crippen molar-refractivity contribution in [1.29, 1.82) is 0 Å². The molecule has 0 aliphatic heterocycles. The van der Waals surface area contributed by atoms with Crippen molar-refractivity contribution in [3.8, 4) is 17.3 Å². The van der Waals surface area contributed by atoms with E-state index in [4.69, 9.17) is 9.15 Å². The molecule has 0 atom stereocenters. The van der Waals surface area contributed by atoms with E-state index < -0.39 is 0 Å². The molecule has 114 valence electrons. The first-order valence-corrected chi connectivity index (χ1v) is 7.05. The van der Waals surface area contributed by atoms with Crippen molar-refractivity contribution < 1.29 is 9.15 Å². The van der Waals surface area contributed by atoms with E-state index in [1.807, 2.05) is 37.4 Å². The summed E-state index contributed by atoms with van der Waals surface area (Å²) in [6, 6.07) is 7.73. The summed E-state index contributed by atoms with van der Waals surface area (Å²) in [6.07, 6.45) is 3.62. The Morgan fingerprint density at radius 2 is 2.09 bits per heavy atom. The van der Waals surface area contributed by atoms with E-state index in [1.165, 1.54) is 0 Å². The third-order valence-electron chi connectivity index (χ3n) is 3.36.